The van der Waals surface area contributed by atoms with E-state index in [4.69, 9.17) is 14.2 Å². The molecular weight excluding hydrogens is 420 g/mol. The topological polar surface area (TPSA) is 94.2 Å². The molecule has 1 amide bonds. The van der Waals surface area contributed by atoms with Crippen molar-refractivity contribution in [1.29, 1.82) is 0 Å². The number of sulfonamides is 1. The molecule has 3 rings (SSSR count). The van der Waals surface area contributed by atoms with E-state index in [9.17, 15) is 13.2 Å². The Labute approximate surface area is 183 Å². The predicted molar refractivity (Wildman–Crippen MR) is 119 cm³/mol. The summed E-state index contributed by atoms with van der Waals surface area (Å²) >= 11 is 0. The average molecular weight is 449 g/mol. The Kier molecular flexibility index (Phi) is 7.27. The van der Waals surface area contributed by atoms with E-state index < -0.39 is 15.9 Å². The van der Waals surface area contributed by atoms with E-state index >= 15 is 0 Å². The van der Waals surface area contributed by atoms with E-state index in [-0.39, 0.29) is 25.4 Å². The molecule has 0 unspecified atom stereocenters. The van der Waals surface area contributed by atoms with Crippen molar-refractivity contribution >= 4 is 21.6 Å². The molecule has 1 aliphatic rings. The smallest absolute Gasteiger partial charge is 0.240 e. The van der Waals surface area contributed by atoms with Gasteiger partial charge in [0.05, 0.1) is 18.0 Å². The van der Waals surface area contributed by atoms with Gasteiger partial charge in [-0.2, -0.15) is 0 Å². The van der Waals surface area contributed by atoms with Gasteiger partial charge in [0.15, 0.2) is 11.5 Å². The van der Waals surface area contributed by atoms with Gasteiger partial charge in [-0.1, -0.05) is 12.1 Å². The first-order chi connectivity index (χ1) is 14.8. The minimum Gasteiger partial charge on any atom is -0.491 e. The Hall–Kier alpha value is -2.94. The molecule has 168 valence electrons. The zero-order valence-corrected chi connectivity index (χ0v) is 18.8. The van der Waals surface area contributed by atoms with Gasteiger partial charge in [0.25, 0.3) is 0 Å². The van der Waals surface area contributed by atoms with Crippen molar-refractivity contribution < 1.29 is 27.4 Å². The van der Waals surface area contributed by atoms with E-state index in [1.54, 1.807) is 18.2 Å². The number of nitrogens with zero attached hydrogens (tertiary/aromatic N) is 1. The molecule has 0 aliphatic carbocycles. The van der Waals surface area contributed by atoms with E-state index in [1.807, 2.05) is 32.0 Å². The van der Waals surface area contributed by atoms with Gasteiger partial charge in [-0.25, -0.2) is 8.42 Å². The van der Waals surface area contributed by atoms with Crippen LogP contribution in [0.15, 0.2) is 36.4 Å². The van der Waals surface area contributed by atoms with E-state index in [1.165, 1.54) is 6.92 Å². The van der Waals surface area contributed by atoms with Crippen LogP contribution in [0.2, 0.25) is 0 Å². The highest BCUT2D eigenvalue weighted by Crippen LogP contribution is 2.34. The lowest BCUT2D eigenvalue weighted by Crippen LogP contribution is -2.42. The van der Waals surface area contributed by atoms with Crippen LogP contribution in [0.1, 0.15) is 18.1 Å². The number of anilines is 1. The highest BCUT2D eigenvalue weighted by Gasteiger charge is 2.25. The third kappa shape index (κ3) is 5.61. The third-order valence-electron chi connectivity index (χ3n) is 5.04. The monoisotopic (exact) mass is 448 g/mol. The normalized spacial score (nSPS) is 12.9. The summed E-state index contributed by atoms with van der Waals surface area (Å²) in [5.41, 5.74) is 2.53. The Morgan fingerprint density at radius 3 is 2.61 bits per heavy atom. The maximum Gasteiger partial charge on any atom is 0.240 e. The second-order valence-electron chi connectivity index (χ2n) is 7.13. The number of hydrogen-bond acceptors (Lipinski definition) is 6. The molecule has 9 heteroatoms. The molecule has 0 bridgehead atoms. The van der Waals surface area contributed by atoms with Crippen molar-refractivity contribution in [1.82, 2.24) is 5.32 Å². The summed E-state index contributed by atoms with van der Waals surface area (Å²) < 4.78 is 43.1. The molecule has 0 spiro atoms. The van der Waals surface area contributed by atoms with E-state index in [0.717, 1.165) is 21.2 Å². The quantitative estimate of drug-likeness (QED) is 0.592. The summed E-state index contributed by atoms with van der Waals surface area (Å²) in [6, 6.07) is 10.6. The Morgan fingerprint density at radius 2 is 1.87 bits per heavy atom. The molecule has 1 N–H and O–H groups in total. The van der Waals surface area contributed by atoms with E-state index in [0.29, 0.717) is 30.4 Å². The van der Waals surface area contributed by atoms with Crippen LogP contribution in [0.25, 0.3) is 0 Å². The average Bonchev–Trinajstić information content (AvgIpc) is 2.77. The largest absolute Gasteiger partial charge is 0.491 e. The first-order valence-corrected chi connectivity index (χ1v) is 11.8. The number of amides is 1. The van der Waals surface area contributed by atoms with Crippen LogP contribution in [0, 0.1) is 13.8 Å². The molecule has 0 saturated heterocycles. The first kappa shape index (κ1) is 22.7. The van der Waals surface area contributed by atoms with Crippen LogP contribution in [0.4, 0.5) is 5.69 Å². The molecule has 0 radical (unpaired) electrons. The van der Waals surface area contributed by atoms with Crippen LogP contribution in [0.3, 0.4) is 0 Å². The number of carbonyl (C=O) groups is 1. The molecule has 2 aromatic carbocycles. The highest BCUT2D eigenvalue weighted by atomic mass is 32.2. The second-order valence-corrected chi connectivity index (χ2v) is 9.31. The van der Waals surface area contributed by atoms with Crippen LogP contribution in [0.5, 0.6) is 17.2 Å². The van der Waals surface area contributed by atoms with Crippen LogP contribution >= 0.6 is 0 Å². The molecule has 31 heavy (non-hydrogen) atoms. The van der Waals surface area contributed by atoms with Crippen molar-refractivity contribution in [3.05, 3.63) is 47.5 Å². The summed E-state index contributed by atoms with van der Waals surface area (Å²) in [4.78, 5) is 12.5. The summed E-state index contributed by atoms with van der Waals surface area (Å²) in [5.74, 6) is 1.22. The van der Waals surface area contributed by atoms with Gasteiger partial charge in [-0.15, -0.1) is 0 Å². The Bertz CT molecular complexity index is 1040. The Morgan fingerprint density at radius 1 is 1.13 bits per heavy atom. The summed E-state index contributed by atoms with van der Waals surface area (Å²) in [6.45, 7) is 6.55. The number of rotatable bonds is 9. The number of nitrogens with one attached hydrogen (secondary N) is 1. The molecule has 2 aromatic rings. The van der Waals surface area contributed by atoms with Gasteiger partial charge in [-0.3, -0.25) is 9.10 Å². The first-order valence-electron chi connectivity index (χ1n) is 10.2. The SMILES string of the molecule is CCS(=O)(=O)N(CC(=O)NCCOc1cccc(C)c1C)c1ccc2c(c1)OCCO2. The lowest BCUT2D eigenvalue weighted by Gasteiger charge is -2.25. The van der Waals surface area contributed by atoms with Gasteiger partial charge in [0, 0.05) is 6.07 Å². The van der Waals surface area contributed by atoms with Crippen LogP contribution < -0.4 is 23.8 Å². The van der Waals surface area contributed by atoms with Crippen molar-refractivity contribution in [3.8, 4) is 17.2 Å². The maximum atomic E-state index is 12.6. The molecule has 1 aliphatic heterocycles. The fourth-order valence-corrected chi connectivity index (χ4v) is 4.17. The maximum absolute atomic E-state index is 12.6. The fourth-order valence-electron chi connectivity index (χ4n) is 3.11. The van der Waals surface area contributed by atoms with Crippen molar-refractivity contribution in [2.45, 2.75) is 20.8 Å². The molecule has 1 heterocycles. The zero-order chi connectivity index (χ0) is 22.4. The van der Waals surface area contributed by atoms with Crippen molar-refractivity contribution in [2.75, 3.05) is 43.0 Å². The molecule has 0 atom stereocenters. The number of aryl methyl sites for hydroxylation is 1. The van der Waals surface area contributed by atoms with Gasteiger partial charge in [0.1, 0.15) is 32.1 Å². The van der Waals surface area contributed by atoms with Gasteiger partial charge in [-0.05, 0) is 50.1 Å². The summed E-state index contributed by atoms with van der Waals surface area (Å²) in [5, 5.41) is 2.72. The lowest BCUT2D eigenvalue weighted by atomic mass is 10.1. The Balaban J connectivity index is 1.62. The highest BCUT2D eigenvalue weighted by molar-refractivity contribution is 7.92. The number of fused-ring (bicyclic) bond motifs is 1. The number of ether oxygens (including phenoxy) is 3. The van der Waals surface area contributed by atoms with Gasteiger partial charge < -0.3 is 19.5 Å². The van der Waals surface area contributed by atoms with Crippen LogP contribution in [-0.4, -0.2) is 53.0 Å². The van der Waals surface area contributed by atoms with Crippen LogP contribution in [-0.2, 0) is 14.8 Å². The number of benzene rings is 2. The third-order valence-corrected chi connectivity index (χ3v) is 6.78. The molecule has 0 aromatic heterocycles. The number of hydrogen-bond donors (Lipinski definition) is 1. The van der Waals surface area contributed by atoms with E-state index in [2.05, 4.69) is 5.32 Å². The molecular formula is C22H28N2O6S. The number of carbonyl (C=O) groups excluding carboxylic acids is 1. The molecule has 8 nitrogen and oxygen atoms in total. The second kappa shape index (κ2) is 9.91. The molecule has 0 saturated carbocycles. The minimum atomic E-state index is -3.67. The lowest BCUT2D eigenvalue weighted by molar-refractivity contribution is -0.119. The predicted octanol–water partition coefficient (Wildman–Crippen LogP) is 2.43. The standard InChI is InChI=1S/C22H28N2O6S/c1-4-31(26,27)24(18-8-9-20-21(14-18)30-13-12-29-20)15-22(25)23-10-11-28-19-7-5-6-16(2)17(19)3/h5-9,14H,4,10-13,15H2,1-3H3,(H,23,25). The van der Waals surface area contributed by atoms with Gasteiger partial charge >= 0.3 is 0 Å². The summed E-state index contributed by atoms with van der Waals surface area (Å²) in [6.07, 6.45) is 0. The van der Waals surface area contributed by atoms with Crippen molar-refractivity contribution in [3.63, 3.8) is 0 Å². The summed E-state index contributed by atoms with van der Waals surface area (Å²) in [7, 11) is -3.67. The minimum absolute atomic E-state index is 0.134. The van der Waals surface area contributed by atoms with Crippen molar-refractivity contribution in [2.24, 2.45) is 0 Å². The zero-order valence-electron chi connectivity index (χ0n) is 18.0. The molecule has 0 fully saturated rings. The fraction of sp³-hybridized carbons (Fsp3) is 0.409. The van der Waals surface area contributed by atoms with Gasteiger partial charge in [0.2, 0.25) is 15.9 Å².